The van der Waals surface area contributed by atoms with Gasteiger partial charge < -0.3 is 24.8 Å². The number of nitrogens with one attached hydrogen (secondary N) is 1. The van der Waals surface area contributed by atoms with Gasteiger partial charge in [0.2, 0.25) is 5.95 Å². The second-order valence-corrected chi connectivity index (χ2v) is 9.57. The third-order valence-corrected chi connectivity index (χ3v) is 6.61. The van der Waals surface area contributed by atoms with Crippen molar-refractivity contribution in [3.8, 4) is 11.1 Å². The van der Waals surface area contributed by atoms with Crippen LogP contribution in [0.3, 0.4) is 0 Å². The Morgan fingerprint density at radius 3 is 2.24 bits per heavy atom. The maximum absolute atomic E-state index is 12.6. The number of aliphatic hydroxyl groups is 1. The standard InChI is InChI=1S/C30H33N3O5/c1-19(2)33-28-24(18-34)5-4-6-26(28)32-30(33)31-25-13-11-21(12-14-25)20-7-9-22(10-8-20)27(35)17-23(29(36)37)15-16-38-3/h4-14,19,23,34H,15-18H2,1-3H3,(H,31,32)(H,36,37). The van der Waals surface area contributed by atoms with Crippen LogP contribution in [-0.4, -0.2) is 45.2 Å². The van der Waals surface area contributed by atoms with E-state index in [0.29, 0.717) is 24.5 Å². The van der Waals surface area contributed by atoms with Crippen molar-refractivity contribution in [2.75, 3.05) is 19.0 Å². The van der Waals surface area contributed by atoms with Crippen LogP contribution in [0.25, 0.3) is 22.2 Å². The molecule has 0 aliphatic carbocycles. The quantitative estimate of drug-likeness (QED) is 0.203. The zero-order valence-corrected chi connectivity index (χ0v) is 21.8. The summed E-state index contributed by atoms with van der Waals surface area (Å²) in [6.45, 7) is 4.41. The number of Topliss-reactive ketones (excluding diaryl/α,β-unsaturated/α-hetero) is 1. The van der Waals surface area contributed by atoms with Gasteiger partial charge in [-0.2, -0.15) is 0 Å². The lowest BCUT2D eigenvalue weighted by atomic mass is 9.94. The van der Waals surface area contributed by atoms with Gasteiger partial charge in [0.05, 0.1) is 23.6 Å². The molecule has 0 radical (unpaired) electrons. The lowest BCUT2D eigenvalue weighted by Crippen LogP contribution is -2.19. The summed E-state index contributed by atoms with van der Waals surface area (Å²) < 4.78 is 7.05. The molecule has 0 saturated heterocycles. The summed E-state index contributed by atoms with van der Waals surface area (Å²) in [4.78, 5) is 28.8. The van der Waals surface area contributed by atoms with E-state index in [2.05, 4.69) is 23.7 Å². The molecule has 8 nitrogen and oxygen atoms in total. The third kappa shape index (κ3) is 5.93. The van der Waals surface area contributed by atoms with Crippen molar-refractivity contribution < 1.29 is 24.5 Å². The topological polar surface area (TPSA) is 114 Å². The second-order valence-electron chi connectivity index (χ2n) is 9.57. The van der Waals surface area contributed by atoms with Crippen LogP contribution < -0.4 is 5.32 Å². The van der Waals surface area contributed by atoms with Crippen LogP contribution in [0.5, 0.6) is 0 Å². The number of nitrogens with zero attached hydrogens (tertiary/aromatic N) is 2. The summed E-state index contributed by atoms with van der Waals surface area (Å²) in [5.41, 5.74) is 5.88. The second kappa shape index (κ2) is 12.0. The van der Waals surface area contributed by atoms with Crippen LogP contribution in [0.4, 0.5) is 11.6 Å². The number of aliphatic carboxylic acids is 1. The van der Waals surface area contributed by atoms with Gasteiger partial charge in [-0.15, -0.1) is 0 Å². The molecule has 4 rings (SSSR count). The number of hydrogen-bond donors (Lipinski definition) is 3. The Morgan fingerprint density at radius 2 is 1.66 bits per heavy atom. The summed E-state index contributed by atoms with van der Waals surface area (Å²) in [6, 6.07) is 21.0. The summed E-state index contributed by atoms with van der Waals surface area (Å²) in [7, 11) is 1.51. The van der Waals surface area contributed by atoms with E-state index in [0.717, 1.165) is 33.4 Å². The Bertz CT molecular complexity index is 1410. The Kier molecular flexibility index (Phi) is 8.55. The molecule has 1 heterocycles. The van der Waals surface area contributed by atoms with Crippen LogP contribution in [-0.2, 0) is 16.1 Å². The van der Waals surface area contributed by atoms with E-state index in [1.165, 1.54) is 7.11 Å². The number of imidazole rings is 1. The Balaban J connectivity index is 1.49. The van der Waals surface area contributed by atoms with Crippen LogP contribution >= 0.6 is 0 Å². The van der Waals surface area contributed by atoms with E-state index in [4.69, 9.17) is 9.72 Å². The van der Waals surface area contributed by atoms with Gasteiger partial charge in [0.15, 0.2) is 5.78 Å². The molecule has 0 amide bonds. The van der Waals surface area contributed by atoms with E-state index in [9.17, 15) is 19.8 Å². The predicted molar refractivity (Wildman–Crippen MR) is 148 cm³/mol. The predicted octanol–water partition coefficient (Wildman–Crippen LogP) is 5.83. The van der Waals surface area contributed by atoms with Gasteiger partial charge in [0.1, 0.15) is 0 Å². The lowest BCUT2D eigenvalue weighted by molar-refractivity contribution is -0.142. The molecule has 3 aromatic carbocycles. The lowest BCUT2D eigenvalue weighted by Gasteiger charge is -2.15. The fourth-order valence-electron chi connectivity index (χ4n) is 4.58. The van der Waals surface area contributed by atoms with Crippen molar-refractivity contribution in [2.24, 2.45) is 5.92 Å². The molecule has 38 heavy (non-hydrogen) atoms. The highest BCUT2D eigenvalue weighted by molar-refractivity contribution is 5.98. The smallest absolute Gasteiger partial charge is 0.307 e. The highest BCUT2D eigenvalue weighted by Crippen LogP contribution is 2.30. The molecule has 0 aliphatic rings. The molecule has 0 spiro atoms. The number of carboxylic acid groups (broad SMARTS) is 1. The van der Waals surface area contributed by atoms with Crippen molar-refractivity contribution >= 4 is 34.4 Å². The van der Waals surface area contributed by atoms with Crippen molar-refractivity contribution in [2.45, 2.75) is 39.3 Å². The molecule has 1 atom stereocenters. The van der Waals surface area contributed by atoms with E-state index >= 15 is 0 Å². The number of ether oxygens (including phenoxy) is 1. The molecule has 0 aliphatic heterocycles. The SMILES string of the molecule is COCCC(CC(=O)c1ccc(-c2ccc(Nc3nc4cccc(CO)c4n3C(C)C)cc2)cc1)C(=O)O. The minimum absolute atomic E-state index is 0.0533. The summed E-state index contributed by atoms with van der Waals surface area (Å²) in [5, 5.41) is 22.6. The van der Waals surface area contributed by atoms with Gasteiger partial charge in [-0.3, -0.25) is 9.59 Å². The Labute approximate surface area is 221 Å². The minimum Gasteiger partial charge on any atom is -0.481 e. The molecule has 0 saturated carbocycles. The number of rotatable bonds is 12. The monoisotopic (exact) mass is 515 g/mol. The fraction of sp³-hybridized carbons (Fsp3) is 0.300. The third-order valence-electron chi connectivity index (χ3n) is 6.61. The van der Waals surface area contributed by atoms with Crippen molar-refractivity contribution in [3.05, 3.63) is 77.9 Å². The highest BCUT2D eigenvalue weighted by Gasteiger charge is 2.22. The van der Waals surface area contributed by atoms with Gasteiger partial charge in [-0.05, 0) is 49.6 Å². The average Bonchev–Trinajstić information content (AvgIpc) is 3.29. The molecule has 4 aromatic rings. The highest BCUT2D eigenvalue weighted by atomic mass is 16.5. The molecule has 198 valence electrons. The van der Waals surface area contributed by atoms with E-state index in [-0.39, 0.29) is 24.9 Å². The van der Waals surface area contributed by atoms with E-state index in [1.54, 1.807) is 12.1 Å². The van der Waals surface area contributed by atoms with E-state index < -0.39 is 11.9 Å². The largest absolute Gasteiger partial charge is 0.481 e. The van der Waals surface area contributed by atoms with E-state index in [1.807, 2.05) is 54.6 Å². The number of hydrogen-bond acceptors (Lipinski definition) is 6. The zero-order chi connectivity index (χ0) is 27.2. The van der Waals surface area contributed by atoms with Crippen LogP contribution in [0, 0.1) is 5.92 Å². The molecule has 8 heteroatoms. The maximum atomic E-state index is 12.6. The van der Waals surface area contributed by atoms with Gasteiger partial charge in [0, 0.05) is 43.0 Å². The number of ketones is 1. The first-order valence-corrected chi connectivity index (χ1v) is 12.7. The zero-order valence-electron chi connectivity index (χ0n) is 21.8. The number of fused-ring (bicyclic) bond motifs is 1. The number of carbonyl (C=O) groups is 2. The van der Waals surface area contributed by atoms with Crippen LogP contribution in [0.15, 0.2) is 66.7 Å². The van der Waals surface area contributed by atoms with Gasteiger partial charge in [-0.1, -0.05) is 48.5 Å². The summed E-state index contributed by atoms with van der Waals surface area (Å²) in [5.74, 6) is -1.24. The van der Waals surface area contributed by atoms with Gasteiger partial charge in [0.25, 0.3) is 0 Å². The number of para-hydroxylation sites is 1. The number of carboxylic acids is 1. The number of anilines is 2. The molecule has 0 bridgehead atoms. The Morgan fingerprint density at radius 1 is 1.00 bits per heavy atom. The number of methoxy groups -OCH3 is 1. The summed E-state index contributed by atoms with van der Waals surface area (Å²) in [6.07, 6.45) is 0.242. The fourth-order valence-corrected chi connectivity index (χ4v) is 4.58. The van der Waals surface area contributed by atoms with Crippen LogP contribution in [0.1, 0.15) is 48.7 Å². The minimum atomic E-state index is -0.987. The average molecular weight is 516 g/mol. The number of carbonyl (C=O) groups excluding carboxylic acids is 1. The molecule has 0 fully saturated rings. The first-order valence-electron chi connectivity index (χ1n) is 12.7. The molecule has 1 aromatic heterocycles. The molecular weight excluding hydrogens is 482 g/mol. The van der Waals surface area contributed by atoms with Crippen LogP contribution in [0.2, 0.25) is 0 Å². The van der Waals surface area contributed by atoms with Gasteiger partial charge in [-0.25, -0.2) is 4.98 Å². The molecular formula is C30H33N3O5. The normalized spacial score (nSPS) is 12.1. The summed E-state index contributed by atoms with van der Waals surface area (Å²) >= 11 is 0. The Hall–Kier alpha value is -4.01. The van der Waals surface area contributed by atoms with Crippen molar-refractivity contribution in [1.82, 2.24) is 9.55 Å². The van der Waals surface area contributed by atoms with Crippen molar-refractivity contribution in [3.63, 3.8) is 0 Å². The number of aromatic nitrogens is 2. The first kappa shape index (κ1) is 27.0. The van der Waals surface area contributed by atoms with Crippen molar-refractivity contribution in [1.29, 1.82) is 0 Å². The first-order chi connectivity index (χ1) is 18.3. The number of aliphatic hydroxyl groups excluding tert-OH is 1. The number of benzene rings is 3. The molecule has 1 unspecified atom stereocenters. The van der Waals surface area contributed by atoms with Gasteiger partial charge >= 0.3 is 5.97 Å². The molecule has 3 N–H and O–H groups in total. The maximum Gasteiger partial charge on any atom is 0.307 e.